The van der Waals surface area contributed by atoms with Gasteiger partial charge in [0.2, 0.25) is 0 Å². The van der Waals surface area contributed by atoms with Crippen LogP contribution in [0.2, 0.25) is 0 Å². The zero-order valence-electron chi connectivity index (χ0n) is 20.6. The average molecular weight is 459 g/mol. The minimum Gasteiger partial charge on any atom is -0.466 e. The van der Waals surface area contributed by atoms with Crippen molar-refractivity contribution < 1.29 is 19.1 Å². The molecule has 2 heterocycles. The molecule has 0 aromatic heterocycles. The van der Waals surface area contributed by atoms with Gasteiger partial charge in [-0.05, 0) is 77.5 Å². The second-order valence-corrected chi connectivity index (χ2v) is 9.42. The highest BCUT2D eigenvalue weighted by molar-refractivity contribution is 5.70. The fourth-order valence-electron chi connectivity index (χ4n) is 4.10. The van der Waals surface area contributed by atoms with Gasteiger partial charge in [-0.2, -0.15) is 0 Å². The average Bonchev–Trinajstić information content (AvgIpc) is 3.18. The van der Waals surface area contributed by atoms with Gasteiger partial charge in [0.1, 0.15) is 5.60 Å². The second-order valence-electron chi connectivity index (χ2n) is 9.42. The van der Waals surface area contributed by atoms with Crippen molar-refractivity contribution >= 4 is 17.7 Å². The Kier molecular flexibility index (Phi) is 8.24. The van der Waals surface area contributed by atoms with E-state index in [2.05, 4.69) is 40.8 Å². The second kappa shape index (κ2) is 10.9. The van der Waals surface area contributed by atoms with Crippen LogP contribution in [0.15, 0.2) is 30.1 Å². The van der Waals surface area contributed by atoms with Crippen molar-refractivity contribution in [1.82, 2.24) is 15.4 Å². The molecule has 1 aromatic carbocycles. The van der Waals surface area contributed by atoms with E-state index in [-0.39, 0.29) is 12.1 Å². The van der Waals surface area contributed by atoms with Crippen LogP contribution in [0, 0.1) is 0 Å². The number of benzene rings is 1. The Bertz CT molecular complexity index is 878. The minimum absolute atomic E-state index is 0.130. The monoisotopic (exact) mass is 458 g/mol. The molecule has 2 aliphatic heterocycles. The fraction of sp³-hybridized carbons (Fsp3) is 0.600. The first-order valence-electron chi connectivity index (χ1n) is 12.0. The van der Waals surface area contributed by atoms with Crippen molar-refractivity contribution in [1.29, 1.82) is 0 Å². The molecular formula is C25H38N4O4. The van der Waals surface area contributed by atoms with Gasteiger partial charge in [0.15, 0.2) is 0 Å². The molecule has 8 heteroatoms. The summed E-state index contributed by atoms with van der Waals surface area (Å²) in [6.07, 6.45) is 5.65. The predicted molar refractivity (Wildman–Crippen MR) is 128 cm³/mol. The third kappa shape index (κ3) is 6.63. The number of rotatable bonds is 8. The summed E-state index contributed by atoms with van der Waals surface area (Å²) in [5, 5.41) is 4.21. The molecule has 1 N–H and O–H groups in total. The van der Waals surface area contributed by atoms with Crippen LogP contribution in [0.4, 0.5) is 10.5 Å². The summed E-state index contributed by atoms with van der Waals surface area (Å²) >= 11 is 0. The van der Waals surface area contributed by atoms with E-state index in [1.807, 2.05) is 33.8 Å². The highest BCUT2D eigenvalue weighted by Crippen LogP contribution is 2.33. The molecular weight excluding hydrogens is 420 g/mol. The third-order valence-corrected chi connectivity index (χ3v) is 5.66. The maximum atomic E-state index is 12.6. The first-order valence-corrected chi connectivity index (χ1v) is 12.0. The van der Waals surface area contributed by atoms with Crippen LogP contribution in [-0.4, -0.2) is 47.3 Å². The Morgan fingerprint density at radius 2 is 1.94 bits per heavy atom. The molecule has 182 valence electrons. The topological polar surface area (TPSA) is 74.4 Å². The molecule has 2 aliphatic rings. The number of ether oxygens (including phenoxy) is 2. The van der Waals surface area contributed by atoms with E-state index in [1.54, 1.807) is 4.90 Å². The molecule has 0 saturated heterocycles. The lowest BCUT2D eigenvalue weighted by Crippen LogP contribution is -2.43. The van der Waals surface area contributed by atoms with Crippen LogP contribution in [0.25, 0.3) is 0 Å². The van der Waals surface area contributed by atoms with Crippen LogP contribution in [0.5, 0.6) is 0 Å². The maximum Gasteiger partial charge on any atom is 0.410 e. The Morgan fingerprint density at radius 3 is 2.64 bits per heavy atom. The molecule has 0 radical (unpaired) electrons. The third-order valence-electron chi connectivity index (χ3n) is 5.66. The summed E-state index contributed by atoms with van der Waals surface area (Å²) in [4.78, 5) is 26.0. The van der Waals surface area contributed by atoms with E-state index in [1.165, 1.54) is 11.3 Å². The predicted octanol–water partition coefficient (Wildman–Crippen LogP) is 4.51. The number of amides is 1. The van der Waals surface area contributed by atoms with Gasteiger partial charge in [-0.3, -0.25) is 14.8 Å². The first-order chi connectivity index (χ1) is 15.7. The highest BCUT2D eigenvalue weighted by atomic mass is 16.6. The molecule has 0 bridgehead atoms. The van der Waals surface area contributed by atoms with E-state index in [0.29, 0.717) is 26.1 Å². The summed E-state index contributed by atoms with van der Waals surface area (Å²) in [6, 6.07) is 6.26. The molecule has 3 rings (SSSR count). The number of unbranched alkanes of at least 4 members (excludes halogenated alkanes) is 1. The van der Waals surface area contributed by atoms with Gasteiger partial charge >= 0.3 is 12.1 Å². The number of fused-ring (bicyclic) bond motifs is 1. The standard InChI is InChI=1S/C25H38N4O4/c1-6-28-18-20(12-8-9-14-23(30)32-7-2)29(26-28)22-13-10-11-19-17-27(16-15-21(19)22)24(31)33-25(3,4)5/h10-11,13,18,26H,6-9,12,14-17H2,1-5H3. The summed E-state index contributed by atoms with van der Waals surface area (Å²) in [5.74, 6) is -0.130. The Labute approximate surface area is 197 Å². The molecule has 8 nitrogen and oxygen atoms in total. The van der Waals surface area contributed by atoms with E-state index >= 15 is 0 Å². The fourth-order valence-corrected chi connectivity index (χ4v) is 4.10. The number of carbonyl (C=O) groups is 2. The van der Waals surface area contributed by atoms with Gasteiger partial charge in [-0.15, -0.1) is 5.53 Å². The summed E-state index contributed by atoms with van der Waals surface area (Å²) in [6.45, 7) is 12.0. The number of nitrogens with one attached hydrogen (secondary N) is 1. The zero-order valence-corrected chi connectivity index (χ0v) is 20.6. The van der Waals surface area contributed by atoms with Crippen LogP contribution in [0.1, 0.15) is 71.4 Å². The summed E-state index contributed by atoms with van der Waals surface area (Å²) in [5.41, 5.74) is 7.64. The zero-order chi connectivity index (χ0) is 24.0. The smallest absolute Gasteiger partial charge is 0.410 e. The molecule has 0 aliphatic carbocycles. The number of anilines is 1. The van der Waals surface area contributed by atoms with Gasteiger partial charge in [-0.1, -0.05) is 12.1 Å². The van der Waals surface area contributed by atoms with E-state index in [9.17, 15) is 9.59 Å². The summed E-state index contributed by atoms with van der Waals surface area (Å²) in [7, 11) is 0. The number of hydrogen-bond donors (Lipinski definition) is 1. The Hall–Kier alpha value is -2.74. The van der Waals surface area contributed by atoms with Crippen molar-refractivity contribution in [2.75, 3.05) is 24.7 Å². The lowest BCUT2D eigenvalue weighted by molar-refractivity contribution is -0.143. The van der Waals surface area contributed by atoms with Crippen LogP contribution >= 0.6 is 0 Å². The van der Waals surface area contributed by atoms with Gasteiger partial charge in [0.25, 0.3) is 0 Å². The number of hydrogen-bond acceptors (Lipinski definition) is 7. The van der Waals surface area contributed by atoms with Gasteiger partial charge in [0, 0.05) is 32.3 Å². The van der Waals surface area contributed by atoms with E-state index in [0.717, 1.165) is 43.5 Å². The van der Waals surface area contributed by atoms with E-state index in [4.69, 9.17) is 9.47 Å². The molecule has 0 unspecified atom stereocenters. The molecule has 1 aromatic rings. The van der Waals surface area contributed by atoms with Crippen molar-refractivity contribution in [3.63, 3.8) is 0 Å². The normalized spacial score (nSPS) is 15.9. The molecule has 0 saturated carbocycles. The quantitative estimate of drug-likeness (QED) is 0.454. The lowest BCUT2D eigenvalue weighted by atomic mass is 9.97. The summed E-state index contributed by atoms with van der Waals surface area (Å²) < 4.78 is 10.6. The van der Waals surface area contributed by atoms with Crippen LogP contribution in [0.3, 0.4) is 0 Å². The number of hydrazine groups is 2. The molecule has 1 amide bonds. The van der Waals surface area contributed by atoms with Crippen LogP contribution < -0.4 is 10.5 Å². The highest BCUT2D eigenvalue weighted by Gasteiger charge is 2.29. The number of allylic oxidation sites excluding steroid dienone is 1. The van der Waals surface area contributed by atoms with Gasteiger partial charge in [0.05, 0.1) is 18.0 Å². The van der Waals surface area contributed by atoms with Crippen molar-refractivity contribution in [2.24, 2.45) is 0 Å². The van der Waals surface area contributed by atoms with Crippen LogP contribution in [-0.2, 0) is 27.2 Å². The Morgan fingerprint density at radius 1 is 1.15 bits per heavy atom. The lowest BCUT2D eigenvalue weighted by Gasteiger charge is -2.34. The largest absolute Gasteiger partial charge is 0.466 e. The number of nitrogens with zero attached hydrogens (tertiary/aromatic N) is 3. The van der Waals surface area contributed by atoms with Crippen molar-refractivity contribution in [3.8, 4) is 0 Å². The molecule has 0 atom stereocenters. The van der Waals surface area contributed by atoms with Gasteiger partial charge in [-0.25, -0.2) is 4.79 Å². The Balaban J connectivity index is 1.69. The van der Waals surface area contributed by atoms with Crippen molar-refractivity contribution in [2.45, 2.75) is 78.9 Å². The van der Waals surface area contributed by atoms with Crippen molar-refractivity contribution in [3.05, 3.63) is 41.2 Å². The van der Waals surface area contributed by atoms with Gasteiger partial charge < -0.3 is 14.4 Å². The number of esters is 1. The molecule has 0 spiro atoms. The maximum absolute atomic E-state index is 12.6. The minimum atomic E-state index is -0.505. The number of carbonyl (C=O) groups excluding carboxylic acids is 2. The molecule has 0 fully saturated rings. The van der Waals surface area contributed by atoms with E-state index < -0.39 is 5.60 Å². The SMILES string of the molecule is CCOC(=O)CCCCC1=CN(CC)NN1c1cccc2c1CCN(C(=O)OC(C)(C)C)C2. The molecule has 33 heavy (non-hydrogen) atoms. The first kappa shape index (κ1) is 24.9.